The summed E-state index contributed by atoms with van der Waals surface area (Å²) < 4.78 is 0. The number of nitrogens with one attached hydrogen (secondary N) is 2. The summed E-state index contributed by atoms with van der Waals surface area (Å²) in [5.74, 6) is 1.30. The van der Waals surface area contributed by atoms with Gasteiger partial charge in [0.1, 0.15) is 0 Å². The average Bonchev–Trinajstić information content (AvgIpc) is 2.25. The quantitative estimate of drug-likeness (QED) is 0.629. The van der Waals surface area contributed by atoms with E-state index in [0.29, 0.717) is 18.3 Å². The molecule has 4 heteroatoms. The lowest BCUT2D eigenvalue weighted by atomic mass is 9.90. The lowest BCUT2D eigenvalue weighted by Gasteiger charge is -2.18. The Balaban J connectivity index is 0. The average molecular weight is 265 g/mol. The molecule has 0 aromatic carbocycles. The highest BCUT2D eigenvalue weighted by Crippen LogP contribution is 2.18. The molecule has 2 N–H and O–H groups in total. The zero-order chi connectivity index (χ0) is 12.4. The van der Waals surface area contributed by atoms with Crippen molar-refractivity contribution in [3.63, 3.8) is 0 Å². The maximum atomic E-state index is 11.6. The van der Waals surface area contributed by atoms with Crippen molar-refractivity contribution < 1.29 is 4.79 Å². The summed E-state index contributed by atoms with van der Waals surface area (Å²) >= 11 is 0. The fourth-order valence-corrected chi connectivity index (χ4v) is 1.75. The summed E-state index contributed by atoms with van der Waals surface area (Å²) in [6.45, 7) is 11.3. The van der Waals surface area contributed by atoms with Crippen molar-refractivity contribution in [1.82, 2.24) is 10.6 Å². The Morgan fingerprint density at radius 2 is 1.76 bits per heavy atom. The number of amides is 1. The third-order valence-electron chi connectivity index (χ3n) is 2.97. The number of hydrogen-bond donors (Lipinski definition) is 2. The zero-order valence-corrected chi connectivity index (χ0v) is 12.5. The number of carbonyl (C=O) groups is 1. The van der Waals surface area contributed by atoms with E-state index in [4.69, 9.17) is 0 Å². The van der Waals surface area contributed by atoms with Crippen LogP contribution in [0.25, 0.3) is 0 Å². The summed E-state index contributed by atoms with van der Waals surface area (Å²) in [4.78, 5) is 11.6. The third kappa shape index (κ3) is 10.6. The van der Waals surface area contributed by atoms with Gasteiger partial charge in [-0.3, -0.25) is 4.79 Å². The highest BCUT2D eigenvalue weighted by molar-refractivity contribution is 5.85. The fraction of sp³-hybridized carbons (Fsp3) is 0.923. The van der Waals surface area contributed by atoms with Crippen molar-refractivity contribution in [2.75, 3.05) is 19.6 Å². The molecule has 1 unspecified atom stereocenters. The van der Waals surface area contributed by atoms with Crippen molar-refractivity contribution in [1.29, 1.82) is 0 Å². The van der Waals surface area contributed by atoms with Crippen LogP contribution in [0.15, 0.2) is 0 Å². The zero-order valence-electron chi connectivity index (χ0n) is 11.7. The Bertz CT molecular complexity index is 186. The van der Waals surface area contributed by atoms with E-state index >= 15 is 0 Å². The van der Waals surface area contributed by atoms with Gasteiger partial charge < -0.3 is 10.6 Å². The van der Waals surface area contributed by atoms with Crippen molar-refractivity contribution >= 4 is 18.3 Å². The molecule has 0 aliphatic rings. The molecule has 1 amide bonds. The first-order chi connectivity index (χ1) is 7.61. The molecule has 1 atom stereocenters. The molecule has 0 fully saturated rings. The molecule has 0 radical (unpaired) electrons. The van der Waals surface area contributed by atoms with Crippen molar-refractivity contribution in [2.45, 2.75) is 47.0 Å². The van der Waals surface area contributed by atoms with Crippen LogP contribution in [0.3, 0.4) is 0 Å². The van der Waals surface area contributed by atoms with E-state index in [1.807, 2.05) is 0 Å². The smallest absolute Gasteiger partial charge is 0.220 e. The molecule has 0 spiro atoms. The Hall–Kier alpha value is -0.280. The topological polar surface area (TPSA) is 41.1 Å². The predicted octanol–water partition coefficient (Wildman–Crippen LogP) is 2.60. The van der Waals surface area contributed by atoms with E-state index < -0.39 is 0 Å². The van der Waals surface area contributed by atoms with Gasteiger partial charge in [-0.15, -0.1) is 12.4 Å². The molecular weight excluding hydrogens is 236 g/mol. The minimum absolute atomic E-state index is 0. The second kappa shape index (κ2) is 12.2. The summed E-state index contributed by atoms with van der Waals surface area (Å²) in [6.07, 6.45) is 2.89. The molecule has 0 aromatic heterocycles. The molecule has 0 rings (SSSR count). The van der Waals surface area contributed by atoms with Crippen LogP contribution in [0.1, 0.15) is 47.0 Å². The predicted molar refractivity (Wildman–Crippen MR) is 76.7 cm³/mol. The van der Waals surface area contributed by atoms with E-state index in [9.17, 15) is 4.79 Å². The van der Waals surface area contributed by atoms with Gasteiger partial charge in [-0.05, 0) is 24.8 Å². The molecule has 0 heterocycles. The minimum atomic E-state index is 0. The monoisotopic (exact) mass is 264 g/mol. The largest absolute Gasteiger partial charge is 0.355 e. The summed E-state index contributed by atoms with van der Waals surface area (Å²) in [5.41, 5.74) is 0. The lowest BCUT2D eigenvalue weighted by molar-refractivity contribution is -0.122. The molecule has 0 saturated heterocycles. The van der Waals surface area contributed by atoms with Crippen LogP contribution in [0.5, 0.6) is 0 Å². The number of halogens is 1. The van der Waals surface area contributed by atoms with E-state index in [2.05, 4.69) is 38.3 Å². The van der Waals surface area contributed by atoms with E-state index in [-0.39, 0.29) is 18.3 Å². The first kappa shape index (κ1) is 19.1. The second-order valence-corrected chi connectivity index (χ2v) is 4.72. The number of rotatable bonds is 9. The van der Waals surface area contributed by atoms with Crippen LogP contribution < -0.4 is 10.6 Å². The van der Waals surface area contributed by atoms with Crippen molar-refractivity contribution in [3.8, 4) is 0 Å². The van der Waals surface area contributed by atoms with Gasteiger partial charge in [0.25, 0.3) is 0 Å². The summed E-state index contributed by atoms with van der Waals surface area (Å²) in [5, 5.41) is 6.23. The van der Waals surface area contributed by atoms with E-state index in [0.717, 1.165) is 32.5 Å². The van der Waals surface area contributed by atoms with Gasteiger partial charge in [0.15, 0.2) is 0 Å². The first-order valence-corrected chi connectivity index (χ1v) is 6.59. The van der Waals surface area contributed by atoms with Crippen LogP contribution in [-0.4, -0.2) is 25.5 Å². The molecular formula is C13H29ClN2O. The first-order valence-electron chi connectivity index (χ1n) is 6.59. The molecule has 3 nitrogen and oxygen atoms in total. The Morgan fingerprint density at radius 1 is 1.12 bits per heavy atom. The van der Waals surface area contributed by atoms with Gasteiger partial charge >= 0.3 is 0 Å². The van der Waals surface area contributed by atoms with Crippen molar-refractivity contribution in [2.24, 2.45) is 11.8 Å². The lowest BCUT2D eigenvalue weighted by Crippen LogP contribution is -2.33. The molecule has 0 bridgehead atoms. The van der Waals surface area contributed by atoms with Gasteiger partial charge in [-0.25, -0.2) is 0 Å². The second-order valence-electron chi connectivity index (χ2n) is 4.72. The highest BCUT2D eigenvalue weighted by Gasteiger charge is 2.14. The van der Waals surface area contributed by atoms with Gasteiger partial charge in [0, 0.05) is 19.5 Å². The van der Waals surface area contributed by atoms with Crippen molar-refractivity contribution in [3.05, 3.63) is 0 Å². The van der Waals surface area contributed by atoms with Gasteiger partial charge in [-0.1, -0.05) is 34.1 Å². The Morgan fingerprint density at radius 3 is 2.24 bits per heavy atom. The summed E-state index contributed by atoms with van der Waals surface area (Å²) in [6, 6.07) is 0. The van der Waals surface area contributed by atoms with Crippen LogP contribution in [0, 0.1) is 11.8 Å². The van der Waals surface area contributed by atoms with Crippen LogP contribution in [0.2, 0.25) is 0 Å². The molecule has 17 heavy (non-hydrogen) atoms. The van der Waals surface area contributed by atoms with Crippen LogP contribution in [-0.2, 0) is 4.79 Å². The van der Waals surface area contributed by atoms with E-state index in [1.54, 1.807) is 0 Å². The molecule has 0 aliphatic heterocycles. The normalized spacial score (nSPS) is 12.1. The standard InChI is InChI=1S/C13H28N2O.ClH/c1-5-7-14-8-9-15-13(16)10-12(6-2)11(3)4;/h11-12,14H,5-10H2,1-4H3,(H,15,16);1H. The summed E-state index contributed by atoms with van der Waals surface area (Å²) in [7, 11) is 0. The molecule has 0 aliphatic carbocycles. The Kier molecular flexibility index (Phi) is 13.7. The minimum Gasteiger partial charge on any atom is -0.355 e. The van der Waals surface area contributed by atoms with Gasteiger partial charge in [-0.2, -0.15) is 0 Å². The molecule has 0 aromatic rings. The highest BCUT2D eigenvalue weighted by atomic mass is 35.5. The maximum Gasteiger partial charge on any atom is 0.220 e. The van der Waals surface area contributed by atoms with E-state index in [1.165, 1.54) is 0 Å². The molecule has 0 saturated carbocycles. The SMILES string of the molecule is CCCNCCNC(=O)CC(CC)C(C)C.Cl. The third-order valence-corrected chi connectivity index (χ3v) is 2.97. The fourth-order valence-electron chi connectivity index (χ4n) is 1.75. The van der Waals surface area contributed by atoms with Crippen LogP contribution >= 0.6 is 12.4 Å². The number of hydrogen-bond acceptors (Lipinski definition) is 2. The van der Waals surface area contributed by atoms with Crippen LogP contribution in [0.4, 0.5) is 0 Å². The number of carbonyl (C=O) groups excluding carboxylic acids is 1. The Labute approximate surface area is 113 Å². The maximum absolute atomic E-state index is 11.6. The van der Waals surface area contributed by atoms with Gasteiger partial charge in [0.2, 0.25) is 5.91 Å². The molecule has 104 valence electrons. The van der Waals surface area contributed by atoms with Gasteiger partial charge in [0.05, 0.1) is 0 Å².